The molecule has 0 aliphatic heterocycles. The minimum absolute atomic E-state index is 0.500. The van der Waals surface area contributed by atoms with Crippen LogP contribution in [-0.4, -0.2) is 36.0 Å². The molecular formula is C10H18N4O2. The predicted molar refractivity (Wildman–Crippen MR) is 62.8 cm³/mol. The molecule has 0 saturated heterocycles. The van der Waals surface area contributed by atoms with Gasteiger partial charge >= 0.3 is 6.09 Å². The fourth-order valence-corrected chi connectivity index (χ4v) is 1.12. The van der Waals surface area contributed by atoms with Gasteiger partial charge in [0.05, 0.1) is 11.9 Å². The fourth-order valence-electron chi connectivity index (χ4n) is 1.12. The quantitative estimate of drug-likeness (QED) is 0.807. The Morgan fingerprint density at radius 1 is 1.50 bits per heavy atom. The molecule has 0 saturated carbocycles. The summed E-state index contributed by atoms with van der Waals surface area (Å²) in [5.74, 6) is 0.527. The lowest BCUT2D eigenvalue weighted by atomic mass is 10.2. The number of carbonyl (C=O) groups is 1. The van der Waals surface area contributed by atoms with E-state index in [1.807, 2.05) is 39.8 Å². The molecule has 16 heavy (non-hydrogen) atoms. The number of aromatic amines is 1. The first kappa shape index (κ1) is 12.4. The van der Waals surface area contributed by atoms with E-state index >= 15 is 0 Å². The third-order valence-electron chi connectivity index (χ3n) is 1.73. The number of rotatable bonds is 2. The molecule has 2 N–H and O–H groups in total. The van der Waals surface area contributed by atoms with Crippen LogP contribution in [-0.2, 0) is 4.74 Å². The molecule has 0 bridgehead atoms. The highest BCUT2D eigenvalue weighted by molar-refractivity contribution is 5.87. The van der Waals surface area contributed by atoms with Crippen LogP contribution < -0.4 is 10.2 Å². The summed E-state index contributed by atoms with van der Waals surface area (Å²) in [4.78, 5) is 13.3. The highest BCUT2D eigenvalue weighted by atomic mass is 16.6. The van der Waals surface area contributed by atoms with Crippen LogP contribution in [0.25, 0.3) is 0 Å². The summed E-state index contributed by atoms with van der Waals surface area (Å²) >= 11 is 0. The van der Waals surface area contributed by atoms with Crippen molar-refractivity contribution >= 4 is 17.6 Å². The van der Waals surface area contributed by atoms with Crippen LogP contribution in [0.15, 0.2) is 6.20 Å². The monoisotopic (exact) mass is 226 g/mol. The molecule has 90 valence electrons. The summed E-state index contributed by atoms with van der Waals surface area (Å²) in [5.41, 5.74) is 0.286. The second-order valence-electron chi connectivity index (χ2n) is 4.65. The van der Waals surface area contributed by atoms with Crippen molar-refractivity contribution in [3.05, 3.63) is 6.20 Å². The Kier molecular flexibility index (Phi) is 3.41. The number of nitrogens with one attached hydrogen (secondary N) is 2. The fraction of sp³-hybridized carbons (Fsp3) is 0.600. The number of anilines is 2. The lowest BCUT2D eigenvalue weighted by Crippen LogP contribution is -2.27. The number of aromatic nitrogens is 2. The number of hydrogen-bond donors (Lipinski definition) is 2. The molecule has 1 aromatic rings. The molecule has 6 nitrogen and oxygen atoms in total. The lowest BCUT2D eigenvalue weighted by molar-refractivity contribution is 0.0635. The molecule has 0 aliphatic carbocycles. The Bertz CT molecular complexity index is 365. The van der Waals surface area contributed by atoms with E-state index < -0.39 is 11.7 Å². The van der Waals surface area contributed by atoms with Gasteiger partial charge in [-0.05, 0) is 20.8 Å². The molecule has 0 fully saturated rings. The summed E-state index contributed by atoms with van der Waals surface area (Å²) in [6.07, 6.45) is 1.13. The highest BCUT2D eigenvalue weighted by Gasteiger charge is 2.18. The first-order chi connectivity index (χ1) is 7.29. The minimum Gasteiger partial charge on any atom is -0.444 e. The van der Waals surface area contributed by atoms with Gasteiger partial charge in [-0.2, -0.15) is 5.10 Å². The molecule has 1 amide bonds. The second-order valence-corrected chi connectivity index (χ2v) is 4.65. The predicted octanol–water partition coefficient (Wildman–Crippen LogP) is 1.82. The zero-order valence-corrected chi connectivity index (χ0v) is 10.3. The van der Waals surface area contributed by atoms with Crippen LogP contribution in [0.5, 0.6) is 0 Å². The van der Waals surface area contributed by atoms with Crippen molar-refractivity contribution in [1.82, 2.24) is 10.2 Å². The molecule has 0 atom stereocenters. The van der Waals surface area contributed by atoms with Gasteiger partial charge < -0.3 is 9.64 Å². The molecule has 0 aliphatic rings. The Hall–Kier alpha value is -1.72. The Morgan fingerprint density at radius 2 is 2.12 bits per heavy atom. The molecule has 1 heterocycles. The summed E-state index contributed by atoms with van der Waals surface area (Å²) in [7, 11) is 3.73. The second kappa shape index (κ2) is 4.42. The zero-order chi connectivity index (χ0) is 12.3. The van der Waals surface area contributed by atoms with Gasteiger partial charge in [-0.15, -0.1) is 0 Å². The van der Waals surface area contributed by atoms with Crippen LogP contribution >= 0.6 is 0 Å². The summed E-state index contributed by atoms with van der Waals surface area (Å²) in [5, 5.41) is 9.16. The number of ether oxygens (including phenoxy) is 1. The number of H-pyrrole nitrogens is 1. The lowest BCUT2D eigenvalue weighted by Gasteiger charge is -2.20. The van der Waals surface area contributed by atoms with Gasteiger partial charge in [0, 0.05) is 14.1 Å². The SMILES string of the molecule is CN(C)c1cn[nH]c1NC(=O)OC(C)(C)C. The van der Waals surface area contributed by atoms with E-state index in [0.29, 0.717) is 5.82 Å². The number of carbonyl (C=O) groups excluding carboxylic acids is 1. The van der Waals surface area contributed by atoms with Gasteiger partial charge in [0.15, 0.2) is 5.82 Å². The van der Waals surface area contributed by atoms with Crippen LogP contribution in [0, 0.1) is 0 Å². The van der Waals surface area contributed by atoms with E-state index in [2.05, 4.69) is 15.5 Å². The first-order valence-corrected chi connectivity index (χ1v) is 5.00. The standard InChI is InChI=1S/C10H18N4O2/c1-10(2,3)16-9(15)12-8-7(14(4)5)6-11-13-8/h6H,1-5H3,(H2,11,12,13,15). The van der Waals surface area contributed by atoms with Gasteiger partial charge in [-0.3, -0.25) is 10.4 Å². The third-order valence-corrected chi connectivity index (χ3v) is 1.73. The van der Waals surface area contributed by atoms with Crippen molar-refractivity contribution in [2.24, 2.45) is 0 Å². The Labute approximate surface area is 95.0 Å². The Morgan fingerprint density at radius 3 is 2.62 bits per heavy atom. The molecule has 0 radical (unpaired) electrons. The van der Waals surface area contributed by atoms with Gasteiger partial charge in [0.2, 0.25) is 0 Å². The smallest absolute Gasteiger partial charge is 0.413 e. The van der Waals surface area contributed by atoms with Gasteiger partial charge in [0.1, 0.15) is 5.60 Å². The summed E-state index contributed by atoms with van der Waals surface area (Å²) in [6.45, 7) is 5.44. The van der Waals surface area contributed by atoms with Gasteiger partial charge in [-0.1, -0.05) is 0 Å². The number of hydrogen-bond acceptors (Lipinski definition) is 4. The largest absolute Gasteiger partial charge is 0.444 e. The number of amides is 1. The van der Waals surface area contributed by atoms with Crippen LogP contribution in [0.2, 0.25) is 0 Å². The van der Waals surface area contributed by atoms with E-state index in [1.54, 1.807) is 6.20 Å². The van der Waals surface area contributed by atoms with Crippen LogP contribution in [0.1, 0.15) is 20.8 Å². The summed E-state index contributed by atoms with van der Waals surface area (Å²) < 4.78 is 5.13. The topological polar surface area (TPSA) is 70.2 Å². The maximum Gasteiger partial charge on any atom is 0.413 e. The molecule has 0 aromatic carbocycles. The van der Waals surface area contributed by atoms with Crippen molar-refractivity contribution in [3.63, 3.8) is 0 Å². The molecular weight excluding hydrogens is 208 g/mol. The maximum absolute atomic E-state index is 11.5. The normalized spacial score (nSPS) is 11.1. The summed E-state index contributed by atoms with van der Waals surface area (Å²) in [6, 6.07) is 0. The molecule has 1 aromatic heterocycles. The first-order valence-electron chi connectivity index (χ1n) is 5.00. The zero-order valence-electron chi connectivity index (χ0n) is 10.3. The van der Waals surface area contributed by atoms with Crippen molar-refractivity contribution < 1.29 is 9.53 Å². The maximum atomic E-state index is 11.5. The van der Waals surface area contributed by atoms with E-state index in [0.717, 1.165) is 5.69 Å². The average molecular weight is 226 g/mol. The third kappa shape index (κ3) is 3.45. The van der Waals surface area contributed by atoms with Gasteiger partial charge in [0.25, 0.3) is 0 Å². The van der Waals surface area contributed by atoms with Crippen molar-refractivity contribution in [2.75, 3.05) is 24.3 Å². The highest BCUT2D eigenvalue weighted by Crippen LogP contribution is 2.20. The molecule has 0 spiro atoms. The molecule has 0 unspecified atom stereocenters. The van der Waals surface area contributed by atoms with Crippen molar-refractivity contribution in [1.29, 1.82) is 0 Å². The van der Waals surface area contributed by atoms with Crippen LogP contribution in [0.4, 0.5) is 16.3 Å². The Balaban J connectivity index is 2.67. The van der Waals surface area contributed by atoms with E-state index in [4.69, 9.17) is 4.74 Å². The van der Waals surface area contributed by atoms with Crippen LogP contribution in [0.3, 0.4) is 0 Å². The van der Waals surface area contributed by atoms with E-state index in [-0.39, 0.29) is 0 Å². The minimum atomic E-state index is -0.512. The molecule has 1 rings (SSSR count). The van der Waals surface area contributed by atoms with E-state index in [1.165, 1.54) is 0 Å². The van der Waals surface area contributed by atoms with E-state index in [9.17, 15) is 4.79 Å². The van der Waals surface area contributed by atoms with Crippen molar-refractivity contribution in [2.45, 2.75) is 26.4 Å². The average Bonchev–Trinajstić information content (AvgIpc) is 2.47. The molecule has 6 heteroatoms. The van der Waals surface area contributed by atoms with Crippen molar-refractivity contribution in [3.8, 4) is 0 Å². The number of nitrogens with zero attached hydrogens (tertiary/aromatic N) is 2. The van der Waals surface area contributed by atoms with Gasteiger partial charge in [-0.25, -0.2) is 4.79 Å².